The van der Waals surface area contributed by atoms with Gasteiger partial charge in [-0.25, -0.2) is 0 Å². The fourth-order valence-electron chi connectivity index (χ4n) is 2.57. The van der Waals surface area contributed by atoms with Gasteiger partial charge < -0.3 is 0 Å². The molecule has 0 nitrogen and oxygen atoms in total. The summed E-state index contributed by atoms with van der Waals surface area (Å²) in [6, 6.07) is 8.86. The molecule has 1 unspecified atom stereocenters. The largest absolute Gasteiger partial charge is 0.0804 e. The summed E-state index contributed by atoms with van der Waals surface area (Å²) in [7, 11) is 0. The van der Waals surface area contributed by atoms with Crippen molar-refractivity contribution < 1.29 is 0 Å². The van der Waals surface area contributed by atoms with E-state index in [1.54, 1.807) is 5.57 Å². The molecule has 0 aromatic heterocycles. The van der Waals surface area contributed by atoms with E-state index >= 15 is 0 Å². The summed E-state index contributed by atoms with van der Waals surface area (Å²) in [5, 5.41) is 0. The molecular formula is C16H21I. The SMILES string of the molecule is CC(C)(C)C1CC=C(c2cccc(I)c2)CC1. The number of benzene rings is 1. The Kier molecular flexibility index (Phi) is 3.96. The second kappa shape index (κ2) is 5.13. The van der Waals surface area contributed by atoms with Gasteiger partial charge in [-0.3, -0.25) is 0 Å². The fourth-order valence-corrected chi connectivity index (χ4v) is 3.11. The predicted octanol–water partition coefficient (Wildman–Crippen LogP) is 5.52. The molecule has 0 bridgehead atoms. The maximum Gasteiger partial charge on any atom is 0.0136 e. The van der Waals surface area contributed by atoms with Crippen LogP contribution in [0.25, 0.3) is 5.57 Å². The van der Waals surface area contributed by atoms with E-state index in [1.807, 2.05) is 0 Å². The second-order valence-corrected chi connectivity index (χ2v) is 7.32. The van der Waals surface area contributed by atoms with Gasteiger partial charge in [0.15, 0.2) is 0 Å². The Hall–Kier alpha value is -0.310. The Bertz CT molecular complexity index is 423. The minimum Gasteiger partial charge on any atom is -0.0804 e. The van der Waals surface area contributed by atoms with Crippen LogP contribution in [-0.2, 0) is 0 Å². The standard InChI is InChI=1S/C16H21I/c1-16(2,3)14-9-7-12(8-10-14)13-5-4-6-15(17)11-13/h4-7,11,14H,8-10H2,1-3H3. The summed E-state index contributed by atoms with van der Waals surface area (Å²) in [6.07, 6.45) is 6.28. The molecule has 0 fully saturated rings. The normalized spacial score (nSPS) is 21.2. The number of hydrogen-bond acceptors (Lipinski definition) is 0. The number of halogens is 1. The van der Waals surface area contributed by atoms with Gasteiger partial charge in [0.25, 0.3) is 0 Å². The topological polar surface area (TPSA) is 0 Å². The van der Waals surface area contributed by atoms with Crippen LogP contribution in [0.1, 0.15) is 45.6 Å². The van der Waals surface area contributed by atoms with Crippen LogP contribution >= 0.6 is 22.6 Å². The van der Waals surface area contributed by atoms with Crippen LogP contribution in [0.4, 0.5) is 0 Å². The van der Waals surface area contributed by atoms with Crippen molar-refractivity contribution in [2.45, 2.75) is 40.0 Å². The third-order valence-electron chi connectivity index (χ3n) is 3.83. The predicted molar refractivity (Wildman–Crippen MR) is 83.9 cm³/mol. The van der Waals surface area contributed by atoms with Gasteiger partial charge in [0.2, 0.25) is 0 Å². The Morgan fingerprint density at radius 1 is 1.24 bits per heavy atom. The van der Waals surface area contributed by atoms with Gasteiger partial charge in [-0.2, -0.15) is 0 Å². The van der Waals surface area contributed by atoms with E-state index < -0.39 is 0 Å². The molecule has 17 heavy (non-hydrogen) atoms. The van der Waals surface area contributed by atoms with Crippen LogP contribution in [-0.4, -0.2) is 0 Å². The Labute approximate surface area is 119 Å². The van der Waals surface area contributed by atoms with Crippen LogP contribution in [0.2, 0.25) is 0 Å². The van der Waals surface area contributed by atoms with Crippen molar-refractivity contribution in [2.75, 3.05) is 0 Å². The zero-order valence-electron chi connectivity index (χ0n) is 11.0. The molecule has 0 saturated carbocycles. The van der Waals surface area contributed by atoms with Crippen molar-refractivity contribution in [3.05, 3.63) is 39.5 Å². The first-order chi connectivity index (χ1) is 7.97. The van der Waals surface area contributed by atoms with Gasteiger partial charge in [-0.15, -0.1) is 0 Å². The number of rotatable bonds is 1. The molecule has 1 aromatic carbocycles. The van der Waals surface area contributed by atoms with E-state index in [4.69, 9.17) is 0 Å². The molecule has 1 aliphatic rings. The summed E-state index contributed by atoms with van der Waals surface area (Å²) in [6.45, 7) is 7.09. The molecule has 0 spiro atoms. The van der Waals surface area contributed by atoms with Crippen molar-refractivity contribution >= 4 is 28.2 Å². The summed E-state index contributed by atoms with van der Waals surface area (Å²) < 4.78 is 1.33. The van der Waals surface area contributed by atoms with Crippen LogP contribution in [0.15, 0.2) is 30.3 Å². The number of hydrogen-bond donors (Lipinski definition) is 0. The second-order valence-electron chi connectivity index (χ2n) is 6.08. The van der Waals surface area contributed by atoms with Crippen molar-refractivity contribution in [2.24, 2.45) is 11.3 Å². The third-order valence-corrected chi connectivity index (χ3v) is 4.50. The first-order valence-electron chi connectivity index (χ1n) is 6.42. The van der Waals surface area contributed by atoms with Gasteiger partial charge in [0.1, 0.15) is 0 Å². The van der Waals surface area contributed by atoms with Gasteiger partial charge in [0, 0.05) is 3.57 Å². The summed E-state index contributed by atoms with van der Waals surface area (Å²) in [4.78, 5) is 0. The molecule has 0 N–H and O–H groups in total. The lowest BCUT2D eigenvalue weighted by atomic mass is 9.72. The minimum absolute atomic E-state index is 0.452. The molecule has 0 aliphatic heterocycles. The van der Waals surface area contributed by atoms with Gasteiger partial charge in [-0.05, 0) is 76.5 Å². The summed E-state index contributed by atoms with van der Waals surface area (Å²) in [5.41, 5.74) is 3.42. The third kappa shape index (κ3) is 3.34. The van der Waals surface area contributed by atoms with Crippen molar-refractivity contribution in [1.29, 1.82) is 0 Å². The zero-order valence-corrected chi connectivity index (χ0v) is 13.1. The van der Waals surface area contributed by atoms with Crippen LogP contribution in [0.3, 0.4) is 0 Å². The lowest BCUT2D eigenvalue weighted by Gasteiger charge is -2.33. The van der Waals surface area contributed by atoms with Gasteiger partial charge >= 0.3 is 0 Å². The molecule has 0 heterocycles. The Morgan fingerprint density at radius 2 is 2.00 bits per heavy atom. The summed E-state index contributed by atoms with van der Waals surface area (Å²) in [5.74, 6) is 0.842. The molecule has 1 aromatic rings. The first-order valence-corrected chi connectivity index (χ1v) is 7.49. The summed E-state index contributed by atoms with van der Waals surface area (Å²) >= 11 is 2.39. The minimum atomic E-state index is 0.452. The maximum atomic E-state index is 2.46. The molecule has 0 amide bonds. The highest BCUT2D eigenvalue weighted by Gasteiger charge is 2.26. The molecule has 2 rings (SSSR count). The highest BCUT2D eigenvalue weighted by atomic mass is 127. The fraction of sp³-hybridized carbons (Fsp3) is 0.500. The van der Waals surface area contributed by atoms with Crippen LogP contribution in [0, 0.1) is 14.9 Å². The Morgan fingerprint density at radius 3 is 2.53 bits per heavy atom. The lowest BCUT2D eigenvalue weighted by Crippen LogP contribution is -2.21. The molecule has 1 atom stereocenters. The smallest absolute Gasteiger partial charge is 0.0136 e. The molecular weight excluding hydrogens is 319 g/mol. The van der Waals surface area contributed by atoms with E-state index in [9.17, 15) is 0 Å². The quantitative estimate of drug-likeness (QED) is 0.591. The zero-order chi connectivity index (χ0) is 12.5. The van der Waals surface area contributed by atoms with E-state index in [0.717, 1.165) is 5.92 Å². The van der Waals surface area contributed by atoms with Crippen molar-refractivity contribution in [3.8, 4) is 0 Å². The van der Waals surface area contributed by atoms with Crippen LogP contribution < -0.4 is 0 Å². The first kappa shape index (κ1) is 13.1. The highest BCUT2D eigenvalue weighted by Crippen LogP contribution is 2.39. The molecule has 0 radical (unpaired) electrons. The molecule has 0 saturated heterocycles. The maximum absolute atomic E-state index is 2.46. The Balaban J connectivity index is 2.14. The van der Waals surface area contributed by atoms with Crippen molar-refractivity contribution in [1.82, 2.24) is 0 Å². The van der Waals surface area contributed by atoms with Gasteiger partial charge in [0.05, 0.1) is 0 Å². The van der Waals surface area contributed by atoms with E-state index in [1.165, 1.54) is 28.4 Å². The van der Waals surface area contributed by atoms with E-state index in [2.05, 4.69) is 73.7 Å². The van der Waals surface area contributed by atoms with Crippen molar-refractivity contribution in [3.63, 3.8) is 0 Å². The average Bonchev–Trinajstić information content (AvgIpc) is 2.28. The highest BCUT2D eigenvalue weighted by molar-refractivity contribution is 14.1. The van der Waals surface area contributed by atoms with E-state index in [-0.39, 0.29) is 0 Å². The average molecular weight is 340 g/mol. The molecule has 1 aliphatic carbocycles. The van der Waals surface area contributed by atoms with Crippen LogP contribution in [0.5, 0.6) is 0 Å². The number of allylic oxidation sites excluding steroid dienone is 2. The van der Waals surface area contributed by atoms with Gasteiger partial charge in [-0.1, -0.05) is 39.0 Å². The molecule has 1 heteroatoms. The lowest BCUT2D eigenvalue weighted by molar-refractivity contribution is 0.225. The monoisotopic (exact) mass is 340 g/mol. The molecule has 92 valence electrons. The van der Waals surface area contributed by atoms with E-state index in [0.29, 0.717) is 5.41 Å².